The molecule has 0 aromatic heterocycles. The third kappa shape index (κ3) is 5.61. The number of hydrogen-bond acceptors (Lipinski definition) is 2. The van der Waals surface area contributed by atoms with E-state index < -0.39 is 24.5 Å². The molecule has 3 nitrogen and oxygen atoms in total. The first-order valence-corrected chi connectivity index (χ1v) is 4.81. The molecule has 2 unspecified atom stereocenters. The van der Waals surface area contributed by atoms with Gasteiger partial charge in [0.25, 0.3) is 0 Å². The van der Waals surface area contributed by atoms with Crippen molar-refractivity contribution in [3.05, 3.63) is 0 Å². The van der Waals surface area contributed by atoms with Gasteiger partial charge in [0.15, 0.2) is 0 Å². The molecule has 0 rings (SSSR count). The molecule has 15 heavy (non-hydrogen) atoms. The van der Waals surface area contributed by atoms with Crippen molar-refractivity contribution in [3.8, 4) is 0 Å². The summed E-state index contributed by atoms with van der Waals surface area (Å²) in [7, 11) is 0. The van der Waals surface area contributed by atoms with Gasteiger partial charge < -0.3 is 10.5 Å². The van der Waals surface area contributed by atoms with E-state index in [2.05, 4.69) is 0 Å². The van der Waals surface area contributed by atoms with Crippen LogP contribution in [-0.4, -0.2) is 24.7 Å². The smallest absolute Gasteiger partial charge is 0.387 e. The summed E-state index contributed by atoms with van der Waals surface area (Å²) in [6.07, 6.45) is -3.20. The highest BCUT2D eigenvalue weighted by Crippen LogP contribution is 2.26. The van der Waals surface area contributed by atoms with Crippen molar-refractivity contribution >= 4 is 5.84 Å². The summed E-state index contributed by atoms with van der Waals surface area (Å²) in [4.78, 5) is 0. The molecule has 0 amide bonds. The number of alkyl halides is 3. The van der Waals surface area contributed by atoms with Gasteiger partial charge in [-0.3, -0.25) is 5.41 Å². The van der Waals surface area contributed by atoms with Gasteiger partial charge in [-0.05, 0) is 13.3 Å². The van der Waals surface area contributed by atoms with Gasteiger partial charge in [0.05, 0.1) is 12.7 Å². The Kier molecular flexibility index (Phi) is 5.64. The van der Waals surface area contributed by atoms with Crippen molar-refractivity contribution in [3.63, 3.8) is 0 Å². The SMILES string of the molecule is CCCC(C)OCC(C(=N)N)C(F)(F)F. The number of nitrogens with two attached hydrogens (primary N) is 1. The van der Waals surface area contributed by atoms with Gasteiger partial charge in [0.1, 0.15) is 11.8 Å². The lowest BCUT2D eigenvalue weighted by Crippen LogP contribution is -2.39. The van der Waals surface area contributed by atoms with Gasteiger partial charge in [-0.15, -0.1) is 0 Å². The fourth-order valence-electron chi connectivity index (χ4n) is 1.11. The lowest BCUT2D eigenvalue weighted by atomic mass is 10.1. The number of ether oxygens (including phenoxy) is 1. The Morgan fingerprint density at radius 2 is 2.00 bits per heavy atom. The molecular weight excluding hydrogens is 209 g/mol. The maximum atomic E-state index is 12.3. The van der Waals surface area contributed by atoms with E-state index in [1.165, 1.54) is 0 Å². The highest BCUT2D eigenvalue weighted by molar-refractivity contribution is 5.80. The zero-order chi connectivity index (χ0) is 12.1. The zero-order valence-electron chi connectivity index (χ0n) is 8.90. The van der Waals surface area contributed by atoms with E-state index in [0.29, 0.717) is 6.42 Å². The highest BCUT2D eigenvalue weighted by Gasteiger charge is 2.42. The largest absolute Gasteiger partial charge is 0.400 e. The summed E-state index contributed by atoms with van der Waals surface area (Å²) < 4.78 is 41.9. The average molecular weight is 226 g/mol. The van der Waals surface area contributed by atoms with Crippen LogP contribution in [0.3, 0.4) is 0 Å². The van der Waals surface area contributed by atoms with Gasteiger partial charge in [-0.1, -0.05) is 13.3 Å². The third-order valence-electron chi connectivity index (χ3n) is 2.01. The topological polar surface area (TPSA) is 59.1 Å². The molecule has 3 N–H and O–H groups in total. The maximum Gasteiger partial charge on any atom is 0.400 e. The number of hydrogen-bond donors (Lipinski definition) is 2. The van der Waals surface area contributed by atoms with E-state index in [0.717, 1.165) is 6.42 Å². The molecule has 0 heterocycles. The van der Waals surface area contributed by atoms with Crippen molar-refractivity contribution in [1.29, 1.82) is 5.41 Å². The van der Waals surface area contributed by atoms with E-state index >= 15 is 0 Å². The molecule has 0 aliphatic carbocycles. The van der Waals surface area contributed by atoms with Crippen molar-refractivity contribution in [2.45, 2.75) is 39.0 Å². The number of halogens is 3. The third-order valence-corrected chi connectivity index (χ3v) is 2.01. The Bertz CT molecular complexity index is 206. The molecule has 0 bridgehead atoms. The molecule has 90 valence electrons. The van der Waals surface area contributed by atoms with Crippen molar-refractivity contribution in [1.82, 2.24) is 0 Å². The van der Waals surface area contributed by atoms with Gasteiger partial charge in [-0.2, -0.15) is 13.2 Å². The molecule has 0 fully saturated rings. The molecule has 0 radical (unpaired) electrons. The van der Waals surface area contributed by atoms with Gasteiger partial charge in [-0.25, -0.2) is 0 Å². The van der Waals surface area contributed by atoms with Gasteiger partial charge in [0.2, 0.25) is 0 Å². The van der Waals surface area contributed by atoms with Crippen LogP contribution < -0.4 is 5.73 Å². The van der Waals surface area contributed by atoms with E-state index in [4.69, 9.17) is 15.9 Å². The second-order valence-electron chi connectivity index (χ2n) is 3.48. The molecule has 0 spiro atoms. The van der Waals surface area contributed by atoms with Gasteiger partial charge >= 0.3 is 6.18 Å². The first kappa shape index (κ1) is 14.2. The van der Waals surface area contributed by atoms with Crippen LogP contribution in [0.2, 0.25) is 0 Å². The maximum absolute atomic E-state index is 12.3. The first-order chi connectivity index (χ1) is 6.79. The van der Waals surface area contributed by atoms with Crippen molar-refractivity contribution in [2.75, 3.05) is 6.61 Å². The standard InChI is InChI=1S/C9H17F3N2O/c1-3-4-6(2)15-5-7(8(13)14)9(10,11)12/h6-7H,3-5H2,1-2H3,(H3,13,14). The van der Waals surface area contributed by atoms with Crippen LogP contribution in [0.25, 0.3) is 0 Å². The highest BCUT2D eigenvalue weighted by atomic mass is 19.4. The minimum atomic E-state index is -4.50. The van der Waals surface area contributed by atoms with E-state index in [9.17, 15) is 13.2 Å². The zero-order valence-corrected chi connectivity index (χ0v) is 8.90. The molecule has 0 aromatic carbocycles. The fourth-order valence-corrected chi connectivity index (χ4v) is 1.11. The molecule has 0 aliphatic rings. The molecule has 0 saturated heterocycles. The predicted molar refractivity (Wildman–Crippen MR) is 51.8 cm³/mol. The van der Waals surface area contributed by atoms with E-state index in [1.807, 2.05) is 6.92 Å². The van der Waals surface area contributed by atoms with Gasteiger partial charge in [0, 0.05) is 0 Å². The van der Waals surface area contributed by atoms with Crippen LogP contribution in [0, 0.1) is 11.3 Å². The molecule has 2 atom stereocenters. The van der Waals surface area contributed by atoms with Crippen LogP contribution in [0.15, 0.2) is 0 Å². The van der Waals surface area contributed by atoms with E-state index in [1.54, 1.807) is 6.92 Å². The van der Waals surface area contributed by atoms with E-state index in [-0.39, 0.29) is 6.10 Å². The second-order valence-corrected chi connectivity index (χ2v) is 3.48. The summed E-state index contributed by atoms with van der Waals surface area (Å²) in [6, 6.07) is 0. The van der Waals surface area contributed by atoms with Crippen LogP contribution in [0.5, 0.6) is 0 Å². The van der Waals surface area contributed by atoms with Crippen LogP contribution >= 0.6 is 0 Å². The van der Waals surface area contributed by atoms with Crippen molar-refractivity contribution in [2.24, 2.45) is 11.7 Å². The molecule has 6 heteroatoms. The molecule has 0 aliphatic heterocycles. The Labute approximate surface area is 87.3 Å². The second kappa shape index (κ2) is 5.95. The first-order valence-electron chi connectivity index (χ1n) is 4.81. The number of amidine groups is 1. The van der Waals surface area contributed by atoms with Crippen molar-refractivity contribution < 1.29 is 17.9 Å². The molecule has 0 aromatic rings. The quantitative estimate of drug-likeness (QED) is 0.539. The normalized spacial score (nSPS) is 16.1. The summed E-state index contributed by atoms with van der Waals surface area (Å²) in [5.41, 5.74) is 4.87. The average Bonchev–Trinajstić information content (AvgIpc) is 2.01. The minimum Gasteiger partial charge on any atom is -0.387 e. The number of nitrogens with one attached hydrogen (secondary N) is 1. The summed E-state index contributed by atoms with van der Waals surface area (Å²) >= 11 is 0. The minimum absolute atomic E-state index is 0.237. The van der Waals surface area contributed by atoms with Crippen LogP contribution in [-0.2, 0) is 4.74 Å². The predicted octanol–water partition coefficient (Wildman–Crippen LogP) is 2.31. The summed E-state index contributed by atoms with van der Waals surface area (Å²) in [5, 5.41) is 6.83. The Morgan fingerprint density at radius 3 is 2.33 bits per heavy atom. The van der Waals surface area contributed by atoms with Crippen LogP contribution in [0.1, 0.15) is 26.7 Å². The Morgan fingerprint density at radius 1 is 1.47 bits per heavy atom. The Hall–Kier alpha value is -0.780. The lowest BCUT2D eigenvalue weighted by molar-refractivity contribution is -0.171. The number of rotatable bonds is 6. The summed E-state index contributed by atoms with van der Waals surface area (Å²) in [5.74, 6) is -2.89. The molecule has 0 saturated carbocycles. The van der Waals surface area contributed by atoms with Crippen LogP contribution in [0.4, 0.5) is 13.2 Å². The molecular formula is C9H17F3N2O. The Balaban J connectivity index is 4.15. The lowest BCUT2D eigenvalue weighted by Gasteiger charge is -2.21. The summed E-state index contributed by atoms with van der Waals surface area (Å²) in [6.45, 7) is 3.06. The monoisotopic (exact) mass is 226 g/mol. The fraction of sp³-hybridized carbons (Fsp3) is 0.889.